The van der Waals surface area contributed by atoms with E-state index in [1.165, 1.54) is 6.08 Å². The fraction of sp³-hybridized carbons (Fsp3) is 0.333. The summed E-state index contributed by atoms with van der Waals surface area (Å²) in [4.78, 5) is 11.9. The highest BCUT2D eigenvalue weighted by Gasteiger charge is 2.10. The van der Waals surface area contributed by atoms with Crippen molar-refractivity contribution in [2.75, 3.05) is 13.7 Å². The number of carbonyl (C=O) groups is 1. The van der Waals surface area contributed by atoms with Crippen LogP contribution >= 0.6 is 15.9 Å². The number of nitrogens with zero attached hydrogens (tertiary/aromatic N) is 1. The molecule has 1 aromatic carbocycles. The van der Waals surface area contributed by atoms with Gasteiger partial charge >= 0.3 is 0 Å². The third kappa shape index (κ3) is 4.71. The molecule has 0 unspecified atom stereocenters. The number of rotatable bonds is 6. The molecule has 0 aliphatic rings. The van der Waals surface area contributed by atoms with Gasteiger partial charge in [0.05, 0.1) is 7.11 Å². The fourth-order valence-electron chi connectivity index (χ4n) is 1.60. The van der Waals surface area contributed by atoms with Gasteiger partial charge in [-0.1, -0.05) is 29.3 Å². The van der Waals surface area contributed by atoms with Crippen LogP contribution in [0.25, 0.3) is 6.08 Å². The van der Waals surface area contributed by atoms with Crippen LogP contribution in [0.1, 0.15) is 25.3 Å². The summed E-state index contributed by atoms with van der Waals surface area (Å²) in [6.45, 7) is 2.61. The number of hydrogen-bond donors (Lipinski definition) is 1. The maximum atomic E-state index is 11.9. The van der Waals surface area contributed by atoms with E-state index in [1.807, 2.05) is 19.1 Å². The van der Waals surface area contributed by atoms with Crippen molar-refractivity contribution in [3.05, 3.63) is 33.8 Å². The minimum atomic E-state index is -0.358. The lowest BCUT2D eigenvalue weighted by Gasteiger charge is -2.07. The van der Waals surface area contributed by atoms with Gasteiger partial charge in [-0.3, -0.25) is 4.79 Å². The lowest BCUT2D eigenvalue weighted by atomic mass is 10.1. The Labute approximate surface area is 127 Å². The first-order valence-electron chi connectivity index (χ1n) is 6.36. The Morgan fingerprint density at radius 2 is 2.30 bits per heavy atom. The predicted molar refractivity (Wildman–Crippen MR) is 82.2 cm³/mol. The monoisotopic (exact) mass is 336 g/mol. The van der Waals surface area contributed by atoms with E-state index in [2.05, 4.69) is 21.2 Å². The van der Waals surface area contributed by atoms with Gasteiger partial charge in [0.15, 0.2) is 0 Å². The third-order valence-corrected chi connectivity index (χ3v) is 3.17. The van der Waals surface area contributed by atoms with Crippen molar-refractivity contribution in [1.29, 1.82) is 5.26 Å². The first kappa shape index (κ1) is 16.3. The van der Waals surface area contributed by atoms with Gasteiger partial charge in [-0.05, 0) is 30.7 Å². The number of benzene rings is 1. The molecule has 1 rings (SSSR count). The Balaban J connectivity index is 2.97. The molecule has 1 amide bonds. The molecule has 0 bridgehead atoms. The lowest BCUT2D eigenvalue weighted by molar-refractivity contribution is -0.117. The third-order valence-electron chi connectivity index (χ3n) is 2.67. The normalized spacial score (nSPS) is 10.8. The molecule has 0 aliphatic heterocycles. The standard InChI is InChI=1S/C15H17BrN2O2/c1-3-4-7-18-15(19)12(10-17)8-11-9-13(16)5-6-14(11)20-2/h5-6,8-9H,3-4,7H2,1-2H3,(H,18,19). The highest BCUT2D eigenvalue weighted by molar-refractivity contribution is 9.10. The van der Waals surface area contributed by atoms with Gasteiger partial charge in [0.2, 0.25) is 0 Å². The van der Waals surface area contributed by atoms with Crippen molar-refractivity contribution in [2.45, 2.75) is 19.8 Å². The van der Waals surface area contributed by atoms with E-state index in [-0.39, 0.29) is 11.5 Å². The quantitative estimate of drug-likeness (QED) is 0.492. The van der Waals surface area contributed by atoms with Crippen molar-refractivity contribution in [1.82, 2.24) is 5.32 Å². The van der Waals surface area contributed by atoms with Crippen LogP contribution < -0.4 is 10.1 Å². The van der Waals surface area contributed by atoms with E-state index in [9.17, 15) is 4.79 Å². The summed E-state index contributed by atoms with van der Waals surface area (Å²) in [5.74, 6) is 0.255. The largest absolute Gasteiger partial charge is 0.496 e. The summed E-state index contributed by atoms with van der Waals surface area (Å²) in [5, 5.41) is 11.8. The van der Waals surface area contributed by atoms with E-state index < -0.39 is 0 Å². The molecule has 4 nitrogen and oxygen atoms in total. The first-order valence-corrected chi connectivity index (χ1v) is 7.15. The fourth-order valence-corrected chi connectivity index (χ4v) is 1.97. The SMILES string of the molecule is CCCCNC(=O)C(C#N)=Cc1cc(Br)ccc1OC. The number of hydrogen-bond acceptors (Lipinski definition) is 3. The second-order valence-corrected chi connectivity index (χ2v) is 5.08. The van der Waals surface area contributed by atoms with E-state index in [1.54, 1.807) is 19.2 Å². The number of unbranched alkanes of at least 4 members (excludes halogenated alkanes) is 1. The molecule has 106 valence electrons. The highest BCUT2D eigenvalue weighted by Crippen LogP contribution is 2.25. The average molecular weight is 337 g/mol. The molecule has 1 aromatic rings. The van der Waals surface area contributed by atoms with Crippen molar-refractivity contribution in [2.24, 2.45) is 0 Å². The molecule has 0 radical (unpaired) electrons. The lowest BCUT2D eigenvalue weighted by Crippen LogP contribution is -2.25. The summed E-state index contributed by atoms with van der Waals surface area (Å²) in [6, 6.07) is 7.34. The summed E-state index contributed by atoms with van der Waals surface area (Å²) in [5.41, 5.74) is 0.751. The van der Waals surface area contributed by atoms with Gasteiger partial charge in [-0.2, -0.15) is 5.26 Å². The molecule has 0 atom stereocenters. The van der Waals surface area contributed by atoms with Gasteiger partial charge < -0.3 is 10.1 Å². The van der Waals surface area contributed by atoms with Crippen molar-refractivity contribution in [3.8, 4) is 11.8 Å². The van der Waals surface area contributed by atoms with E-state index in [0.717, 1.165) is 17.3 Å². The van der Waals surface area contributed by atoms with Gasteiger partial charge in [-0.15, -0.1) is 0 Å². The smallest absolute Gasteiger partial charge is 0.261 e. The van der Waals surface area contributed by atoms with Crippen LogP contribution in [-0.4, -0.2) is 19.6 Å². The number of nitriles is 1. The summed E-state index contributed by atoms with van der Waals surface area (Å²) < 4.78 is 6.07. The molecule has 0 spiro atoms. The molecule has 20 heavy (non-hydrogen) atoms. The van der Waals surface area contributed by atoms with Crippen LogP contribution in [0.15, 0.2) is 28.2 Å². The zero-order valence-electron chi connectivity index (χ0n) is 11.6. The Morgan fingerprint density at radius 1 is 1.55 bits per heavy atom. The predicted octanol–water partition coefficient (Wildman–Crippen LogP) is 3.28. The van der Waals surface area contributed by atoms with Gasteiger partial charge in [0.1, 0.15) is 17.4 Å². The second-order valence-electron chi connectivity index (χ2n) is 4.17. The average Bonchev–Trinajstić information content (AvgIpc) is 2.45. The molecule has 0 saturated carbocycles. The van der Waals surface area contributed by atoms with Gasteiger partial charge in [0, 0.05) is 16.6 Å². The molecule has 1 N–H and O–H groups in total. The van der Waals surface area contributed by atoms with Crippen molar-refractivity contribution in [3.63, 3.8) is 0 Å². The molecule has 0 aliphatic carbocycles. The maximum absolute atomic E-state index is 11.9. The van der Waals surface area contributed by atoms with E-state index in [4.69, 9.17) is 10.00 Å². The number of amides is 1. The number of methoxy groups -OCH3 is 1. The maximum Gasteiger partial charge on any atom is 0.261 e. The molecule has 5 heteroatoms. The number of halogens is 1. The van der Waals surface area contributed by atoms with Crippen LogP contribution in [-0.2, 0) is 4.79 Å². The van der Waals surface area contributed by atoms with Gasteiger partial charge in [0.25, 0.3) is 5.91 Å². The summed E-state index contributed by atoms with van der Waals surface area (Å²) in [7, 11) is 1.55. The number of carbonyl (C=O) groups excluding carboxylic acids is 1. The molecular weight excluding hydrogens is 320 g/mol. The van der Waals surface area contributed by atoms with Crippen LogP contribution in [0.3, 0.4) is 0 Å². The van der Waals surface area contributed by atoms with Crippen LogP contribution in [0, 0.1) is 11.3 Å². The van der Waals surface area contributed by atoms with E-state index >= 15 is 0 Å². The first-order chi connectivity index (χ1) is 9.62. The summed E-state index contributed by atoms with van der Waals surface area (Å²) in [6.07, 6.45) is 3.42. The van der Waals surface area contributed by atoms with E-state index in [0.29, 0.717) is 17.9 Å². The minimum absolute atomic E-state index is 0.0671. The topological polar surface area (TPSA) is 62.1 Å². The molecular formula is C15H17BrN2O2. The molecule has 0 heterocycles. The van der Waals surface area contributed by atoms with Crippen LogP contribution in [0.5, 0.6) is 5.75 Å². The molecule has 0 saturated heterocycles. The van der Waals surface area contributed by atoms with Crippen molar-refractivity contribution < 1.29 is 9.53 Å². The highest BCUT2D eigenvalue weighted by atomic mass is 79.9. The second kappa shape index (κ2) is 8.39. The Hall–Kier alpha value is -1.80. The Bertz CT molecular complexity index is 547. The van der Waals surface area contributed by atoms with Gasteiger partial charge in [-0.25, -0.2) is 0 Å². The number of nitrogens with one attached hydrogen (secondary N) is 1. The van der Waals surface area contributed by atoms with Crippen molar-refractivity contribution >= 4 is 27.9 Å². The number of ether oxygens (including phenoxy) is 1. The summed E-state index contributed by atoms with van der Waals surface area (Å²) >= 11 is 3.36. The molecule has 0 aromatic heterocycles. The molecule has 0 fully saturated rings. The Kier molecular flexibility index (Phi) is 6.82. The Morgan fingerprint density at radius 3 is 2.90 bits per heavy atom. The van der Waals surface area contributed by atoms with Crippen LogP contribution in [0.4, 0.5) is 0 Å². The zero-order chi connectivity index (χ0) is 15.0. The minimum Gasteiger partial charge on any atom is -0.496 e. The zero-order valence-corrected chi connectivity index (χ0v) is 13.2. The van der Waals surface area contributed by atoms with Crippen LogP contribution in [0.2, 0.25) is 0 Å².